The van der Waals surface area contributed by atoms with Crippen LogP contribution < -0.4 is 5.32 Å². The minimum absolute atomic E-state index is 0.179. The van der Waals surface area contributed by atoms with E-state index in [0.29, 0.717) is 27.4 Å². The lowest BCUT2D eigenvalue weighted by molar-refractivity contribution is -0.113. The summed E-state index contributed by atoms with van der Waals surface area (Å²) in [7, 11) is 0. The van der Waals surface area contributed by atoms with Gasteiger partial charge in [-0.25, -0.2) is 9.78 Å². The first kappa shape index (κ1) is 19.3. The molecule has 0 atom stereocenters. The van der Waals surface area contributed by atoms with Gasteiger partial charge in [-0.15, -0.1) is 11.3 Å². The maximum absolute atomic E-state index is 12.5. The topological polar surface area (TPSA) is 84.1 Å². The summed E-state index contributed by atoms with van der Waals surface area (Å²) in [5.41, 5.74) is 3.18. The number of thiophene rings is 1. The SMILES string of the molecule is CCOC(=O)c1c(NC(=O)CSc2nc3ccc(Cl)cc3[nH]2)sc2c1CCC2. The number of anilines is 1. The molecule has 0 saturated carbocycles. The number of halogens is 1. The Balaban J connectivity index is 1.45. The number of nitrogens with zero attached hydrogens (tertiary/aromatic N) is 1. The fourth-order valence-corrected chi connectivity index (χ4v) is 5.39. The standard InChI is InChI=1S/C19H18ClN3O3S2/c1-2-26-18(25)16-11-4-3-5-14(11)28-17(16)23-15(24)9-27-19-21-12-7-6-10(20)8-13(12)22-19/h6-8H,2-5,9H2,1H3,(H,21,22)(H,23,24). The number of benzene rings is 1. The Hall–Kier alpha value is -2.03. The van der Waals surface area contributed by atoms with Crippen molar-refractivity contribution in [3.05, 3.63) is 39.2 Å². The molecule has 2 heterocycles. The number of esters is 1. The monoisotopic (exact) mass is 435 g/mol. The highest BCUT2D eigenvalue weighted by Gasteiger charge is 2.28. The number of amides is 1. The van der Waals surface area contributed by atoms with Crippen LogP contribution in [0.2, 0.25) is 5.02 Å². The molecule has 0 radical (unpaired) electrons. The van der Waals surface area contributed by atoms with E-state index in [0.717, 1.165) is 35.9 Å². The van der Waals surface area contributed by atoms with Crippen molar-refractivity contribution in [2.45, 2.75) is 31.3 Å². The van der Waals surface area contributed by atoms with Crippen LogP contribution in [0, 0.1) is 0 Å². The predicted molar refractivity (Wildman–Crippen MR) is 113 cm³/mol. The highest BCUT2D eigenvalue weighted by molar-refractivity contribution is 7.99. The van der Waals surface area contributed by atoms with E-state index >= 15 is 0 Å². The zero-order valence-electron chi connectivity index (χ0n) is 15.1. The van der Waals surface area contributed by atoms with Gasteiger partial charge in [0.25, 0.3) is 0 Å². The molecule has 2 aromatic heterocycles. The molecule has 146 valence electrons. The quantitative estimate of drug-likeness (QED) is 0.434. The van der Waals surface area contributed by atoms with E-state index in [-0.39, 0.29) is 17.6 Å². The highest BCUT2D eigenvalue weighted by atomic mass is 35.5. The van der Waals surface area contributed by atoms with Crippen molar-refractivity contribution in [2.75, 3.05) is 17.7 Å². The summed E-state index contributed by atoms with van der Waals surface area (Å²) >= 11 is 8.76. The number of carbonyl (C=O) groups excluding carboxylic acids is 2. The Kier molecular flexibility index (Phi) is 5.61. The molecule has 0 bridgehead atoms. The second-order valence-electron chi connectivity index (χ2n) is 6.32. The molecule has 0 fully saturated rings. The molecule has 4 rings (SSSR count). The van der Waals surface area contributed by atoms with Gasteiger partial charge in [0.15, 0.2) is 5.16 Å². The van der Waals surface area contributed by atoms with Crippen molar-refractivity contribution in [1.29, 1.82) is 0 Å². The fraction of sp³-hybridized carbons (Fsp3) is 0.316. The van der Waals surface area contributed by atoms with E-state index < -0.39 is 0 Å². The molecular formula is C19H18ClN3O3S2. The number of aryl methyl sites for hydroxylation is 1. The molecule has 0 saturated heterocycles. The Morgan fingerprint density at radius 2 is 2.25 bits per heavy atom. The predicted octanol–water partition coefficient (Wildman–Crippen LogP) is 4.67. The van der Waals surface area contributed by atoms with Crippen LogP contribution in [0.25, 0.3) is 11.0 Å². The molecule has 0 spiro atoms. The van der Waals surface area contributed by atoms with Crippen LogP contribution in [0.3, 0.4) is 0 Å². The van der Waals surface area contributed by atoms with E-state index in [9.17, 15) is 9.59 Å². The Morgan fingerprint density at radius 1 is 1.39 bits per heavy atom. The lowest BCUT2D eigenvalue weighted by atomic mass is 10.1. The van der Waals surface area contributed by atoms with Crippen LogP contribution in [-0.4, -0.2) is 34.2 Å². The van der Waals surface area contributed by atoms with E-state index in [1.165, 1.54) is 28.0 Å². The lowest BCUT2D eigenvalue weighted by Crippen LogP contribution is -2.16. The maximum Gasteiger partial charge on any atom is 0.341 e. The van der Waals surface area contributed by atoms with Gasteiger partial charge >= 0.3 is 5.97 Å². The number of ether oxygens (including phenoxy) is 1. The molecule has 0 aliphatic heterocycles. The molecule has 1 aliphatic rings. The average Bonchev–Trinajstić information content (AvgIpc) is 3.33. The van der Waals surface area contributed by atoms with Gasteiger partial charge in [-0.1, -0.05) is 23.4 Å². The van der Waals surface area contributed by atoms with Crippen LogP contribution >= 0.6 is 34.7 Å². The maximum atomic E-state index is 12.5. The summed E-state index contributed by atoms with van der Waals surface area (Å²) in [6, 6.07) is 5.41. The minimum Gasteiger partial charge on any atom is -0.462 e. The Labute approximate surface area is 175 Å². The summed E-state index contributed by atoms with van der Waals surface area (Å²) in [4.78, 5) is 33.6. The summed E-state index contributed by atoms with van der Waals surface area (Å²) in [6.45, 7) is 2.09. The number of carbonyl (C=O) groups is 2. The van der Waals surface area contributed by atoms with Crippen molar-refractivity contribution < 1.29 is 14.3 Å². The lowest BCUT2D eigenvalue weighted by Gasteiger charge is -2.07. The van der Waals surface area contributed by atoms with E-state index in [4.69, 9.17) is 16.3 Å². The molecule has 2 N–H and O–H groups in total. The van der Waals surface area contributed by atoms with Crippen LogP contribution in [-0.2, 0) is 22.4 Å². The van der Waals surface area contributed by atoms with Crippen LogP contribution in [0.15, 0.2) is 23.4 Å². The number of thioether (sulfide) groups is 1. The average molecular weight is 436 g/mol. The van der Waals surface area contributed by atoms with Crippen molar-refractivity contribution in [1.82, 2.24) is 9.97 Å². The van der Waals surface area contributed by atoms with Crippen LogP contribution in [0.4, 0.5) is 5.00 Å². The van der Waals surface area contributed by atoms with Gasteiger partial charge in [0, 0.05) is 9.90 Å². The number of hydrogen-bond donors (Lipinski definition) is 2. The van der Waals surface area contributed by atoms with E-state index in [1.54, 1.807) is 19.1 Å². The summed E-state index contributed by atoms with van der Waals surface area (Å²) in [5, 5.41) is 4.75. The van der Waals surface area contributed by atoms with Crippen molar-refractivity contribution >= 4 is 62.6 Å². The van der Waals surface area contributed by atoms with Crippen molar-refractivity contribution in [3.8, 4) is 0 Å². The number of H-pyrrole nitrogens is 1. The van der Waals surface area contributed by atoms with Crippen LogP contribution in [0.1, 0.15) is 34.1 Å². The molecule has 3 aromatic rings. The zero-order valence-corrected chi connectivity index (χ0v) is 17.5. The zero-order chi connectivity index (χ0) is 19.7. The number of aromatic amines is 1. The largest absolute Gasteiger partial charge is 0.462 e. The summed E-state index contributed by atoms with van der Waals surface area (Å²) in [5.74, 6) is -0.369. The van der Waals surface area contributed by atoms with Gasteiger partial charge in [-0.2, -0.15) is 0 Å². The molecular weight excluding hydrogens is 418 g/mol. The molecule has 9 heteroatoms. The third-order valence-corrected chi connectivity index (χ3v) is 6.73. The van der Waals surface area contributed by atoms with E-state index in [2.05, 4.69) is 15.3 Å². The summed E-state index contributed by atoms with van der Waals surface area (Å²) < 4.78 is 5.19. The molecule has 1 aliphatic carbocycles. The number of fused-ring (bicyclic) bond motifs is 2. The van der Waals surface area contributed by atoms with Crippen LogP contribution in [0.5, 0.6) is 0 Å². The van der Waals surface area contributed by atoms with Gasteiger partial charge in [-0.3, -0.25) is 4.79 Å². The molecule has 6 nitrogen and oxygen atoms in total. The Morgan fingerprint density at radius 3 is 3.07 bits per heavy atom. The van der Waals surface area contributed by atoms with Crippen molar-refractivity contribution in [3.63, 3.8) is 0 Å². The second kappa shape index (κ2) is 8.14. The summed E-state index contributed by atoms with van der Waals surface area (Å²) in [6.07, 6.45) is 2.83. The van der Waals surface area contributed by atoms with Gasteiger partial charge in [-0.05, 0) is 49.9 Å². The third kappa shape index (κ3) is 3.90. The number of nitrogens with one attached hydrogen (secondary N) is 2. The van der Waals surface area contributed by atoms with Gasteiger partial charge < -0.3 is 15.0 Å². The normalized spacial score (nSPS) is 12.9. The number of rotatable bonds is 6. The highest BCUT2D eigenvalue weighted by Crippen LogP contribution is 2.39. The molecule has 1 amide bonds. The number of imidazole rings is 1. The first-order valence-electron chi connectivity index (χ1n) is 8.94. The third-order valence-electron chi connectivity index (χ3n) is 4.42. The minimum atomic E-state index is -0.362. The Bertz CT molecular complexity index is 1060. The molecule has 1 aromatic carbocycles. The molecule has 0 unspecified atom stereocenters. The molecule has 28 heavy (non-hydrogen) atoms. The smallest absolute Gasteiger partial charge is 0.341 e. The van der Waals surface area contributed by atoms with E-state index in [1.807, 2.05) is 6.07 Å². The first-order valence-corrected chi connectivity index (χ1v) is 11.1. The number of aromatic nitrogens is 2. The fourth-order valence-electron chi connectivity index (χ4n) is 3.23. The first-order chi connectivity index (χ1) is 13.5. The van der Waals surface area contributed by atoms with Gasteiger partial charge in [0.1, 0.15) is 5.00 Å². The number of hydrogen-bond acceptors (Lipinski definition) is 6. The van der Waals surface area contributed by atoms with Gasteiger partial charge in [0.2, 0.25) is 5.91 Å². The van der Waals surface area contributed by atoms with Gasteiger partial charge in [0.05, 0.1) is 29.0 Å². The van der Waals surface area contributed by atoms with Crippen molar-refractivity contribution in [2.24, 2.45) is 0 Å². The second-order valence-corrected chi connectivity index (χ2v) is 8.83.